The third kappa shape index (κ3) is 5.41. The molecule has 13 heteroatoms. The lowest BCUT2D eigenvalue weighted by molar-refractivity contribution is -0.160. The van der Waals surface area contributed by atoms with E-state index < -0.39 is 30.1 Å². The van der Waals surface area contributed by atoms with Gasteiger partial charge in [0, 0.05) is 23.5 Å². The molecule has 3 N–H and O–H groups in total. The summed E-state index contributed by atoms with van der Waals surface area (Å²) in [6.45, 7) is 8.33. The lowest BCUT2D eigenvalue weighted by Crippen LogP contribution is -2.69. The molecule has 166 valence electrons. The van der Waals surface area contributed by atoms with Crippen molar-refractivity contribution in [1.82, 2.24) is 19.6 Å². The average Bonchev–Trinajstić information content (AvgIpc) is 3.13. The summed E-state index contributed by atoms with van der Waals surface area (Å²) in [4.78, 5) is 47.6. The second kappa shape index (κ2) is 9.06. The fraction of sp³-hybridized carbons (Fsp3) is 0.444. The monoisotopic (exact) mass is 466 g/mol. The minimum atomic E-state index is -0.743. The molecular weight excluding hydrogens is 444 g/mol. The number of nitrogens with two attached hydrogens (primary N) is 1. The molecule has 0 saturated carbocycles. The number of nitrogen functional groups attached to an aromatic ring is 1. The number of amides is 2. The van der Waals surface area contributed by atoms with E-state index in [4.69, 9.17) is 15.3 Å². The molecule has 2 aliphatic rings. The highest BCUT2D eigenvalue weighted by atomic mass is 32.2. The molecule has 1 fully saturated rings. The number of esters is 1. The van der Waals surface area contributed by atoms with E-state index in [1.807, 2.05) is 0 Å². The van der Waals surface area contributed by atoms with Gasteiger partial charge in [-0.25, -0.2) is 4.79 Å². The number of allylic oxidation sites excluding steroid dienone is 1. The Morgan fingerprint density at radius 1 is 1.48 bits per heavy atom. The number of thioether (sulfide) groups is 1. The number of anilines is 1. The fourth-order valence-electron chi connectivity index (χ4n) is 2.69. The Bertz CT molecular complexity index is 967. The second-order valence-electron chi connectivity index (χ2n) is 7.56. The van der Waals surface area contributed by atoms with Crippen LogP contribution < -0.4 is 11.1 Å². The molecule has 11 nitrogen and oxygen atoms in total. The highest BCUT2D eigenvalue weighted by molar-refractivity contribution is 8.00. The fourth-order valence-corrected chi connectivity index (χ4v) is 4.38. The van der Waals surface area contributed by atoms with Gasteiger partial charge in [0.1, 0.15) is 17.0 Å². The maximum atomic E-state index is 12.8. The van der Waals surface area contributed by atoms with Crippen LogP contribution in [0, 0.1) is 0 Å². The SMILES string of the molecule is C=CC1=CN2C(=O)C(NC(=O)C(=NOCC(=O)OC(C)(C)C)c3nsc(N)n3)[C@@H]2SC1. The molecule has 2 aliphatic heterocycles. The summed E-state index contributed by atoms with van der Waals surface area (Å²) in [5, 5.41) is 6.23. The Kier molecular flexibility index (Phi) is 6.65. The molecule has 0 spiro atoms. The first-order chi connectivity index (χ1) is 14.6. The van der Waals surface area contributed by atoms with Gasteiger partial charge in [-0.1, -0.05) is 17.8 Å². The molecule has 0 radical (unpaired) electrons. The van der Waals surface area contributed by atoms with Crippen molar-refractivity contribution in [3.05, 3.63) is 30.3 Å². The number of ether oxygens (including phenoxy) is 1. The van der Waals surface area contributed by atoms with Crippen LogP contribution in [0.5, 0.6) is 0 Å². The summed E-state index contributed by atoms with van der Waals surface area (Å²) in [5.41, 5.74) is 5.54. The van der Waals surface area contributed by atoms with Crippen LogP contribution in [0.15, 0.2) is 29.6 Å². The smallest absolute Gasteiger partial charge is 0.347 e. The topological polar surface area (TPSA) is 149 Å². The zero-order valence-electron chi connectivity index (χ0n) is 17.2. The summed E-state index contributed by atoms with van der Waals surface area (Å²) in [7, 11) is 0. The highest BCUT2D eigenvalue weighted by Crippen LogP contribution is 2.36. The number of nitrogens with zero attached hydrogens (tertiary/aromatic N) is 4. The van der Waals surface area contributed by atoms with Gasteiger partial charge in [0.25, 0.3) is 11.8 Å². The van der Waals surface area contributed by atoms with Gasteiger partial charge >= 0.3 is 5.97 Å². The van der Waals surface area contributed by atoms with Gasteiger partial charge in [-0.15, -0.1) is 11.8 Å². The summed E-state index contributed by atoms with van der Waals surface area (Å²) < 4.78 is 9.09. The average molecular weight is 467 g/mol. The number of nitrogens with one attached hydrogen (secondary N) is 1. The van der Waals surface area contributed by atoms with E-state index >= 15 is 0 Å². The second-order valence-corrected chi connectivity index (χ2v) is 9.45. The number of carbonyl (C=O) groups is 3. The molecule has 3 heterocycles. The zero-order chi connectivity index (χ0) is 22.8. The minimum Gasteiger partial charge on any atom is -0.457 e. The number of rotatable bonds is 7. The Hall–Kier alpha value is -2.93. The van der Waals surface area contributed by atoms with Gasteiger partial charge in [-0.3, -0.25) is 9.59 Å². The molecule has 0 bridgehead atoms. The van der Waals surface area contributed by atoms with E-state index in [1.165, 1.54) is 11.8 Å². The van der Waals surface area contributed by atoms with Crippen LogP contribution in [-0.2, 0) is 24.0 Å². The summed E-state index contributed by atoms with van der Waals surface area (Å²) in [6, 6.07) is -0.743. The first-order valence-electron chi connectivity index (χ1n) is 9.18. The third-order valence-corrected chi connectivity index (χ3v) is 5.86. The van der Waals surface area contributed by atoms with Gasteiger partial charge in [-0.2, -0.15) is 9.36 Å². The molecule has 1 aromatic rings. The molecule has 1 unspecified atom stereocenters. The summed E-state index contributed by atoms with van der Waals surface area (Å²) in [5.74, 6) is -1.04. The molecule has 2 amide bonds. The number of aromatic nitrogens is 2. The molecule has 1 saturated heterocycles. The van der Waals surface area contributed by atoms with E-state index in [-0.39, 0.29) is 27.9 Å². The van der Waals surface area contributed by atoms with Crippen LogP contribution >= 0.6 is 23.3 Å². The van der Waals surface area contributed by atoms with E-state index in [9.17, 15) is 14.4 Å². The number of hydrogen-bond acceptors (Lipinski definition) is 11. The zero-order valence-corrected chi connectivity index (χ0v) is 18.8. The standard InChI is InChI=1S/C18H22N6O5S2/c1-5-9-6-24-15(27)12(16(24)30-8-9)20-14(26)11(13-21-17(19)31-23-13)22-28-7-10(25)29-18(2,3)4/h5-6,12,16H,1,7-8H2,2-4H3,(H,20,26)(H2,19,21,23)/t12?,16-/m0/s1. The van der Waals surface area contributed by atoms with Crippen LogP contribution in [0.25, 0.3) is 0 Å². The van der Waals surface area contributed by atoms with Crippen molar-refractivity contribution < 1.29 is 24.0 Å². The minimum absolute atomic E-state index is 0.0713. The number of carbonyl (C=O) groups excluding carboxylic acids is 3. The normalized spacial score (nSPS) is 20.9. The van der Waals surface area contributed by atoms with E-state index in [0.29, 0.717) is 5.75 Å². The van der Waals surface area contributed by atoms with E-state index in [0.717, 1.165) is 17.1 Å². The highest BCUT2D eigenvalue weighted by Gasteiger charge is 2.49. The van der Waals surface area contributed by atoms with Gasteiger partial charge < -0.3 is 25.5 Å². The first-order valence-corrected chi connectivity index (χ1v) is 11.0. The Labute approximate surface area is 186 Å². The predicted octanol–water partition coefficient (Wildman–Crippen LogP) is 0.653. The van der Waals surface area contributed by atoms with Crippen molar-refractivity contribution in [3.63, 3.8) is 0 Å². The van der Waals surface area contributed by atoms with Crippen molar-refractivity contribution in [3.8, 4) is 0 Å². The molecule has 0 aliphatic carbocycles. The Morgan fingerprint density at radius 3 is 2.84 bits per heavy atom. The molecule has 2 atom stereocenters. The van der Waals surface area contributed by atoms with Crippen molar-refractivity contribution in [2.75, 3.05) is 18.1 Å². The molecule has 3 rings (SSSR count). The lowest BCUT2D eigenvalue weighted by Gasteiger charge is -2.47. The predicted molar refractivity (Wildman–Crippen MR) is 116 cm³/mol. The number of fused-ring (bicyclic) bond motifs is 1. The van der Waals surface area contributed by atoms with Crippen LogP contribution in [0.4, 0.5) is 5.13 Å². The maximum Gasteiger partial charge on any atom is 0.347 e. The molecule has 1 aromatic heterocycles. The van der Waals surface area contributed by atoms with Crippen LogP contribution in [0.1, 0.15) is 26.6 Å². The number of oxime groups is 1. The van der Waals surface area contributed by atoms with Gasteiger partial charge in [-0.05, 0) is 26.3 Å². The van der Waals surface area contributed by atoms with E-state index in [1.54, 1.807) is 37.9 Å². The van der Waals surface area contributed by atoms with Crippen LogP contribution in [0.2, 0.25) is 0 Å². The van der Waals surface area contributed by atoms with Crippen molar-refractivity contribution in [1.29, 1.82) is 0 Å². The van der Waals surface area contributed by atoms with Crippen LogP contribution in [-0.4, -0.2) is 67.1 Å². The third-order valence-electron chi connectivity index (χ3n) is 3.98. The van der Waals surface area contributed by atoms with Crippen molar-refractivity contribution >= 4 is 51.9 Å². The Balaban J connectivity index is 1.69. The maximum absolute atomic E-state index is 12.8. The van der Waals surface area contributed by atoms with Gasteiger partial charge in [0.2, 0.25) is 18.1 Å². The largest absolute Gasteiger partial charge is 0.457 e. The number of hydrogen-bond donors (Lipinski definition) is 2. The quantitative estimate of drug-likeness (QED) is 0.256. The summed E-state index contributed by atoms with van der Waals surface area (Å²) >= 11 is 2.38. The lowest BCUT2D eigenvalue weighted by atomic mass is 10.1. The van der Waals surface area contributed by atoms with E-state index in [2.05, 4.69) is 26.4 Å². The molecular formula is C18H22N6O5S2. The van der Waals surface area contributed by atoms with Gasteiger partial charge in [0.05, 0.1) is 0 Å². The van der Waals surface area contributed by atoms with Crippen molar-refractivity contribution in [2.24, 2.45) is 5.16 Å². The molecule has 0 aromatic carbocycles. The van der Waals surface area contributed by atoms with Crippen molar-refractivity contribution in [2.45, 2.75) is 37.8 Å². The number of β-lactam (4-membered cyclic amide) rings is 1. The van der Waals surface area contributed by atoms with Crippen LogP contribution in [0.3, 0.4) is 0 Å². The first kappa shape index (κ1) is 22.7. The van der Waals surface area contributed by atoms with Gasteiger partial charge in [0.15, 0.2) is 5.13 Å². The Morgan fingerprint density at radius 2 is 2.23 bits per heavy atom. The molecule has 31 heavy (non-hydrogen) atoms. The summed E-state index contributed by atoms with van der Waals surface area (Å²) in [6.07, 6.45) is 3.41.